The molecule has 2 aromatic carbocycles. The summed E-state index contributed by atoms with van der Waals surface area (Å²) in [7, 11) is 1.43. The normalized spacial score (nSPS) is 11.6. The molecule has 0 aromatic heterocycles. The Bertz CT molecular complexity index is 653. The van der Waals surface area contributed by atoms with Crippen LogP contribution in [-0.2, 0) is 25.2 Å². The summed E-state index contributed by atoms with van der Waals surface area (Å²) in [6.45, 7) is 2.79. The Hall–Kier alpha value is -2.28. The van der Waals surface area contributed by atoms with Crippen LogP contribution in [0.4, 0.5) is 0 Å². The number of ether oxygens (including phenoxy) is 1. The van der Waals surface area contributed by atoms with Gasteiger partial charge in [-0.15, -0.1) is 0 Å². The molecule has 0 atom stereocenters. The lowest BCUT2D eigenvalue weighted by atomic mass is 9.76. The molecule has 6 nitrogen and oxygen atoms in total. The molecule has 0 saturated heterocycles. The first-order chi connectivity index (χ1) is 11.8. The maximum Gasteiger partial charge on any atom is 0.163 e. The lowest BCUT2D eigenvalue weighted by Gasteiger charge is -2.29. The Kier molecular flexibility index (Phi) is 5.57. The zero-order chi connectivity index (χ0) is 18.8. The molecular formula is C19H24O6. The number of rotatable bonds is 6. The molecule has 25 heavy (non-hydrogen) atoms. The molecule has 2 aromatic rings. The molecule has 0 heterocycles. The zero-order valence-corrected chi connectivity index (χ0v) is 14.6. The molecule has 136 valence electrons. The molecule has 0 bridgehead atoms. The summed E-state index contributed by atoms with van der Waals surface area (Å²) in [4.78, 5) is 0. The second-order valence-electron chi connectivity index (χ2n) is 6.43. The molecule has 5 N–H and O–H groups in total. The molecule has 0 aliphatic carbocycles. The maximum atomic E-state index is 10.1. The monoisotopic (exact) mass is 348 g/mol. The van der Waals surface area contributed by atoms with Crippen molar-refractivity contribution in [3.05, 3.63) is 52.1 Å². The van der Waals surface area contributed by atoms with Gasteiger partial charge in [-0.2, -0.15) is 0 Å². The lowest BCUT2D eigenvalue weighted by molar-refractivity contribution is 0.263. The van der Waals surface area contributed by atoms with Gasteiger partial charge in [0.2, 0.25) is 0 Å². The van der Waals surface area contributed by atoms with Crippen molar-refractivity contribution in [2.24, 2.45) is 0 Å². The van der Waals surface area contributed by atoms with Gasteiger partial charge in [-0.25, -0.2) is 0 Å². The fraction of sp³-hybridized carbons (Fsp3) is 0.368. The van der Waals surface area contributed by atoms with E-state index in [0.717, 1.165) is 11.1 Å². The average Bonchev–Trinajstić information content (AvgIpc) is 2.61. The summed E-state index contributed by atoms with van der Waals surface area (Å²) in [5, 5.41) is 48.5. The molecule has 0 spiro atoms. The van der Waals surface area contributed by atoms with Crippen LogP contribution in [0, 0.1) is 0 Å². The Morgan fingerprint density at radius 3 is 1.56 bits per heavy atom. The highest BCUT2D eigenvalue weighted by atomic mass is 16.5. The van der Waals surface area contributed by atoms with Crippen LogP contribution in [0.1, 0.15) is 41.7 Å². The summed E-state index contributed by atoms with van der Waals surface area (Å²) in [5.41, 5.74) is 1.91. The largest absolute Gasteiger partial charge is 0.507 e. The zero-order valence-electron chi connectivity index (χ0n) is 14.6. The molecule has 0 radical (unpaired) electrons. The SMILES string of the molecule is COc1cc(C(C)(C)c2cc(CO)c(O)c(CO)c2)cc(CO)c1O. The van der Waals surface area contributed by atoms with Crippen molar-refractivity contribution in [2.45, 2.75) is 39.1 Å². The van der Waals surface area contributed by atoms with Crippen LogP contribution < -0.4 is 4.74 Å². The second-order valence-corrected chi connectivity index (χ2v) is 6.43. The van der Waals surface area contributed by atoms with Gasteiger partial charge in [0.15, 0.2) is 11.5 Å². The van der Waals surface area contributed by atoms with Crippen LogP contribution in [0.25, 0.3) is 0 Å². The summed E-state index contributed by atoms with van der Waals surface area (Å²) in [6, 6.07) is 6.71. The van der Waals surface area contributed by atoms with E-state index in [1.807, 2.05) is 13.8 Å². The number of hydrogen-bond acceptors (Lipinski definition) is 6. The predicted octanol–water partition coefficient (Wildman–Crippen LogP) is 1.91. The van der Waals surface area contributed by atoms with E-state index in [0.29, 0.717) is 16.7 Å². The van der Waals surface area contributed by atoms with Crippen molar-refractivity contribution in [3.8, 4) is 17.2 Å². The van der Waals surface area contributed by atoms with Crippen LogP contribution >= 0.6 is 0 Å². The fourth-order valence-electron chi connectivity index (χ4n) is 2.83. The van der Waals surface area contributed by atoms with Crippen LogP contribution in [0.2, 0.25) is 0 Å². The first-order valence-electron chi connectivity index (χ1n) is 7.88. The van der Waals surface area contributed by atoms with Crippen LogP contribution in [0.3, 0.4) is 0 Å². The number of hydrogen-bond donors (Lipinski definition) is 5. The molecule has 0 fully saturated rings. The number of aliphatic hydroxyl groups excluding tert-OH is 3. The van der Waals surface area contributed by atoms with E-state index in [-0.39, 0.29) is 37.1 Å². The molecule has 6 heteroatoms. The summed E-state index contributed by atoms with van der Waals surface area (Å²) in [6.07, 6.45) is 0. The van der Waals surface area contributed by atoms with Crippen molar-refractivity contribution in [1.29, 1.82) is 0 Å². The minimum absolute atomic E-state index is 0.109. The van der Waals surface area contributed by atoms with Crippen molar-refractivity contribution in [3.63, 3.8) is 0 Å². The molecule has 0 unspecified atom stereocenters. The minimum Gasteiger partial charge on any atom is -0.507 e. The van der Waals surface area contributed by atoms with Gasteiger partial charge in [0.25, 0.3) is 0 Å². The molecule has 0 amide bonds. The van der Waals surface area contributed by atoms with Gasteiger partial charge in [0.05, 0.1) is 26.9 Å². The van der Waals surface area contributed by atoms with Crippen molar-refractivity contribution in [1.82, 2.24) is 0 Å². The molecule has 0 saturated carbocycles. The lowest BCUT2D eigenvalue weighted by Crippen LogP contribution is -2.20. The third-order valence-electron chi connectivity index (χ3n) is 4.60. The van der Waals surface area contributed by atoms with E-state index in [1.54, 1.807) is 24.3 Å². The van der Waals surface area contributed by atoms with E-state index >= 15 is 0 Å². The third kappa shape index (κ3) is 3.42. The van der Waals surface area contributed by atoms with Gasteiger partial charge in [0, 0.05) is 22.1 Å². The van der Waals surface area contributed by atoms with Gasteiger partial charge in [-0.05, 0) is 35.4 Å². The summed E-state index contributed by atoms with van der Waals surface area (Å²) < 4.78 is 5.19. The van der Waals surface area contributed by atoms with Crippen LogP contribution in [-0.4, -0.2) is 32.6 Å². The topological polar surface area (TPSA) is 110 Å². The number of aliphatic hydroxyl groups is 3. The molecule has 0 aliphatic heterocycles. The highest BCUT2D eigenvalue weighted by Crippen LogP contribution is 2.40. The molecule has 2 rings (SSSR count). The smallest absolute Gasteiger partial charge is 0.163 e. The Morgan fingerprint density at radius 2 is 1.16 bits per heavy atom. The Balaban J connectivity index is 2.66. The quantitative estimate of drug-likeness (QED) is 0.545. The van der Waals surface area contributed by atoms with E-state index < -0.39 is 5.41 Å². The van der Waals surface area contributed by atoms with E-state index in [4.69, 9.17) is 4.74 Å². The van der Waals surface area contributed by atoms with Gasteiger partial charge in [-0.3, -0.25) is 0 Å². The minimum atomic E-state index is -0.605. The highest BCUT2D eigenvalue weighted by molar-refractivity contribution is 5.54. The summed E-state index contributed by atoms with van der Waals surface area (Å²) >= 11 is 0. The molecule has 0 aliphatic rings. The standard InChI is InChI=1S/C19H24O6/c1-19(2,14-4-11(8-20)17(23)12(5-14)9-21)15-6-13(10-22)18(24)16(7-15)25-3/h4-7,20-24H,8-10H2,1-3H3. The van der Waals surface area contributed by atoms with Gasteiger partial charge < -0.3 is 30.3 Å². The van der Waals surface area contributed by atoms with Crippen molar-refractivity contribution >= 4 is 0 Å². The first kappa shape index (κ1) is 19.1. The van der Waals surface area contributed by atoms with Crippen LogP contribution in [0.5, 0.6) is 17.2 Å². The maximum absolute atomic E-state index is 10.1. The van der Waals surface area contributed by atoms with Crippen molar-refractivity contribution in [2.75, 3.05) is 7.11 Å². The molecular weight excluding hydrogens is 324 g/mol. The van der Waals surface area contributed by atoms with Gasteiger partial charge >= 0.3 is 0 Å². The number of aromatic hydroxyl groups is 2. The van der Waals surface area contributed by atoms with Crippen LogP contribution in [0.15, 0.2) is 24.3 Å². The second kappa shape index (κ2) is 7.31. The Morgan fingerprint density at radius 1 is 0.760 bits per heavy atom. The third-order valence-corrected chi connectivity index (χ3v) is 4.60. The van der Waals surface area contributed by atoms with E-state index in [9.17, 15) is 25.5 Å². The van der Waals surface area contributed by atoms with E-state index in [1.165, 1.54) is 7.11 Å². The first-order valence-corrected chi connectivity index (χ1v) is 7.88. The number of benzene rings is 2. The fourth-order valence-corrected chi connectivity index (χ4v) is 2.83. The Labute approximate surface area is 146 Å². The van der Waals surface area contributed by atoms with Crippen molar-refractivity contribution < 1.29 is 30.3 Å². The van der Waals surface area contributed by atoms with Gasteiger partial charge in [0.1, 0.15) is 5.75 Å². The predicted molar refractivity (Wildman–Crippen MR) is 92.7 cm³/mol. The van der Waals surface area contributed by atoms with Gasteiger partial charge in [-0.1, -0.05) is 13.8 Å². The average molecular weight is 348 g/mol. The summed E-state index contributed by atoms with van der Waals surface area (Å²) in [5.74, 6) is 0.0180. The number of methoxy groups -OCH3 is 1. The number of phenols is 2. The van der Waals surface area contributed by atoms with E-state index in [2.05, 4.69) is 0 Å². The highest BCUT2D eigenvalue weighted by Gasteiger charge is 2.27.